The summed E-state index contributed by atoms with van der Waals surface area (Å²) < 4.78 is 8.98. The summed E-state index contributed by atoms with van der Waals surface area (Å²) in [6.07, 6.45) is 0. The minimum absolute atomic E-state index is 0.866. The first-order valence-electron chi connectivity index (χ1n) is 20.8. The van der Waals surface area contributed by atoms with Crippen molar-refractivity contribution >= 4 is 71.6 Å². The van der Waals surface area contributed by atoms with Gasteiger partial charge >= 0.3 is 0 Å². The van der Waals surface area contributed by atoms with Crippen molar-refractivity contribution in [2.45, 2.75) is 0 Å². The fourth-order valence-corrected chi connectivity index (χ4v) is 9.22. The number of furan rings is 1. The molecular formula is C58H38N2O. The van der Waals surface area contributed by atoms with Gasteiger partial charge in [0.2, 0.25) is 0 Å². The van der Waals surface area contributed by atoms with Gasteiger partial charge in [-0.1, -0.05) is 146 Å². The smallest absolute Gasteiger partial charge is 0.136 e. The average Bonchev–Trinajstić information content (AvgIpc) is 3.88. The first-order valence-corrected chi connectivity index (χ1v) is 20.8. The van der Waals surface area contributed by atoms with Gasteiger partial charge in [0, 0.05) is 44.3 Å². The molecule has 0 unspecified atom stereocenters. The molecule has 10 aromatic carbocycles. The van der Waals surface area contributed by atoms with E-state index in [1.54, 1.807) is 0 Å². The topological polar surface area (TPSA) is 21.3 Å². The van der Waals surface area contributed by atoms with E-state index in [1.165, 1.54) is 66.0 Å². The number of nitrogens with zero attached hydrogens (tertiary/aromatic N) is 2. The molecule has 0 aliphatic carbocycles. The molecule has 0 amide bonds. The van der Waals surface area contributed by atoms with Crippen molar-refractivity contribution in [3.8, 4) is 39.1 Å². The molecule has 0 aliphatic heterocycles. The van der Waals surface area contributed by atoms with Gasteiger partial charge in [-0.25, -0.2) is 0 Å². The van der Waals surface area contributed by atoms with Crippen molar-refractivity contribution in [1.29, 1.82) is 0 Å². The molecule has 61 heavy (non-hydrogen) atoms. The van der Waals surface area contributed by atoms with Crippen molar-refractivity contribution in [2.75, 3.05) is 4.90 Å². The highest BCUT2D eigenvalue weighted by atomic mass is 16.3. The van der Waals surface area contributed by atoms with Gasteiger partial charge in [0.05, 0.1) is 11.0 Å². The summed E-state index contributed by atoms with van der Waals surface area (Å²) in [7, 11) is 0. The Hall–Kier alpha value is -8.14. The lowest BCUT2D eigenvalue weighted by molar-refractivity contribution is 0.669. The highest BCUT2D eigenvalue weighted by molar-refractivity contribution is 6.20. The molecule has 0 N–H and O–H groups in total. The lowest BCUT2D eigenvalue weighted by Crippen LogP contribution is -2.09. The Labute approximate surface area is 353 Å². The van der Waals surface area contributed by atoms with Gasteiger partial charge in [0.15, 0.2) is 0 Å². The summed E-state index contributed by atoms with van der Waals surface area (Å²) in [5.41, 5.74) is 15.6. The third kappa shape index (κ3) is 5.98. The summed E-state index contributed by atoms with van der Waals surface area (Å²) in [4.78, 5) is 2.35. The summed E-state index contributed by atoms with van der Waals surface area (Å²) in [5, 5.41) is 7.04. The Bertz CT molecular complexity index is 3470. The highest BCUT2D eigenvalue weighted by Crippen LogP contribution is 2.43. The lowest BCUT2D eigenvalue weighted by atomic mass is 9.97. The van der Waals surface area contributed by atoms with Crippen LogP contribution in [0, 0.1) is 0 Å². The van der Waals surface area contributed by atoms with Gasteiger partial charge < -0.3 is 13.9 Å². The molecule has 0 atom stereocenters. The van der Waals surface area contributed by atoms with E-state index in [9.17, 15) is 0 Å². The predicted octanol–water partition coefficient (Wildman–Crippen LogP) is 16.3. The van der Waals surface area contributed by atoms with E-state index < -0.39 is 0 Å². The number of rotatable bonds is 7. The van der Waals surface area contributed by atoms with Crippen LogP contribution >= 0.6 is 0 Å². The number of fused-ring (bicyclic) bond motifs is 8. The van der Waals surface area contributed by atoms with Gasteiger partial charge in [0.1, 0.15) is 11.2 Å². The molecule has 0 fully saturated rings. The van der Waals surface area contributed by atoms with Crippen LogP contribution in [-0.2, 0) is 0 Å². The Morgan fingerprint density at radius 2 is 0.803 bits per heavy atom. The van der Waals surface area contributed by atoms with Crippen LogP contribution in [0.4, 0.5) is 17.1 Å². The molecule has 12 rings (SSSR count). The predicted molar refractivity (Wildman–Crippen MR) is 257 cm³/mol. The van der Waals surface area contributed by atoms with Crippen LogP contribution < -0.4 is 4.90 Å². The van der Waals surface area contributed by atoms with E-state index in [2.05, 4.69) is 240 Å². The Balaban J connectivity index is 1.00. The molecule has 0 saturated heterocycles. The second-order valence-corrected chi connectivity index (χ2v) is 15.7. The summed E-state index contributed by atoms with van der Waals surface area (Å²) in [6.45, 7) is 0. The van der Waals surface area contributed by atoms with E-state index in [0.29, 0.717) is 0 Å². The fourth-order valence-electron chi connectivity index (χ4n) is 9.22. The van der Waals surface area contributed by atoms with E-state index in [0.717, 1.165) is 44.7 Å². The lowest BCUT2D eigenvalue weighted by Gasteiger charge is -2.26. The zero-order chi connectivity index (χ0) is 40.3. The van der Waals surface area contributed by atoms with E-state index in [1.807, 2.05) is 0 Å². The molecular weight excluding hydrogens is 741 g/mol. The summed E-state index contributed by atoms with van der Waals surface area (Å²) in [5.74, 6) is 0. The largest absolute Gasteiger partial charge is 0.456 e. The monoisotopic (exact) mass is 778 g/mol. The number of hydrogen-bond acceptors (Lipinski definition) is 2. The van der Waals surface area contributed by atoms with Crippen molar-refractivity contribution < 1.29 is 4.42 Å². The molecule has 0 saturated carbocycles. The van der Waals surface area contributed by atoms with Crippen LogP contribution in [0.3, 0.4) is 0 Å². The molecule has 0 bridgehead atoms. The van der Waals surface area contributed by atoms with Crippen LogP contribution in [0.5, 0.6) is 0 Å². The number of benzene rings is 10. The summed E-state index contributed by atoms with van der Waals surface area (Å²) >= 11 is 0. The first kappa shape index (κ1) is 34.9. The zero-order valence-electron chi connectivity index (χ0n) is 33.2. The Morgan fingerprint density at radius 3 is 1.48 bits per heavy atom. The van der Waals surface area contributed by atoms with Crippen LogP contribution in [0.1, 0.15) is 0 Å². The van der Waals surface area contributed by atoms with Gasteiger partial charge in [0.25, 0.3) is 0 Å². The summed E-state index contributed by atoms with van der Waals surface area (Å²) in [6, 6.07) is 82.8. The van der Waals surface area contributed by atoms with Gasteiger partial charge in [-0.05, 0) is 129 Å². The zero-order valence-corrected chi connectivity index (χ0v) is 33.2. The third-order valence-corrected chi connectivity index (χ3v) is 12.2. The van der Waals surface area contributed by atoms with Crippen molar-refractivity contribution in [2.24, 2.45) is 0 Å². The SMILES string of the molecule is c1ccc(-c2ccc(N(c3ccc(-c4ccccc4)cc3)c3ccc4oc5ccc6ccc(-c7ccc8c(c7)c7ccccc7n8-c7ccccc7)cc6c5c4c3)cc2)cc1. The number of anilines is 3. The molecule has 0 radical (unpaired) electrons. The van der Waals surface area contributed by atoms with Crippen LogP contribution in [0.25, 0.3) is 93.6 Å². The minimum atomic E-state index is 0.866. The molecule has 3 heteroatoms. The van der Waals surface area contributed by atoms with E-state index in [4.69, 9.17) is 4.42 Å². The maximum absolute atomic E-state index is 6.61. The molecule has 0 spiro atoms. The standard InChI is InChI=1S/C58H38N2O/c1-4-12-39(13-5-1)41-22-28-47(29-23-41)59(48-30-24-42(25-31-48)40-14-6-2-7-15-40)49-32-35-56-53(38-49)58-51-36-44(21-20-43(51)27-34-57(58)61-56)45-26-33-55-52(37-45)50-18-10-11-19-54(50)60(55)46-16-8-3-9-17-46/h1-38H. The third-order valence-electron chi connectivity index (χ3n) is 12.2. The number of aromatic nitrogens is 1. The van der Waals surface area contributed by atoms with Crippen LogP contribution in [0.15, 0.2) is 235 Å². The second kappa shape index (κ2) is 14.3. The number of hydrogen-bond donors (Lipinski definition) is 0. The minimum Gasteiger partial charge on any atom is -0.456 e. The fraction of sp³-hybridized carbons (Fsp3) is 0. The van der Waals surface area contributed by atoms with E-state index in [-0.39, 0.29) is 0 Å². The van der Waals surface area contributed by atoms with Crippen LogP contribution in [0.2, 0.25) is 0 Å². The molecule has 3 nitrogen and oxygen atoms in total. The molecule has 2 heterocycles. The van der Waals surface area contributed by atoms with Crippen molar-refractivity contribution in [1.82, 2.24) is 4.57 Å². The van der Waals surface area contributed by atoms with E-state index >= 15 is 0 Å². The van der Waals surface area contributed by atoms with Crippen molar-refractivity contribution in [3.05, 3.63) is 231 Å². The molecule has 2 aromatic heterocycles. The number of para-hydroxylation sites is 2. The maximum atomic E-state index is 6.61. The highest BCUT2D eigenvalue weighted by Gasteiger charge is 2.19. The molecule has 286 valence electrons. The maximum Gasteiger partial charge on any atom is 0.136 e. The normalized spacial score (nSPS) is 11.6. The Morgan fingerprint density at radius 1 is 0.311 bits per heavy atom. The molecule has 0 aliphatic rings. The van der Waals surface area contributed by atoms with Crippen molar-refractivity contribution in [3.63, 3.8) is 0 Å². The Kier molecular flexibility index (Phi) is 8.17. The molecule has 12 aromatic rings. The van der Waals surface area contributed by atoms with Gasteiger partial charge in [-0.15, -0.1) is 0 Å². The first-order chi connectivity index (χ1) is 30.2. The van der Waals surface area contributed by atoms with Crippen LogP contribution in [-0.4, -0.2) is 4.57 Å². The second-order valence-electron chi connectivity index (χ2n) is 15.7. The van der Waals surface area contributed by atoms with Gasteiger partial charge in [-0.2, -0.15) is 0 Å². The van der Waals surface area contributed by atoms with Gasteiger partial charge in [-0.3, -0.25) is 0 Å². The average molecular weight is 779 g/mol. The quantitative estimate of drug-likeness (QED) is 0.161.